The zero-order valence-corrected chi connectivity index (χ0v) is 10.2. The molecule has 1 fully saturated rings. The fourth-order valence-corrected chi connectivity index (χ4v) is 2.43. The normalized spacial score (nSPS) is 21.6. The molecule has 1 aliphatic heterocycles. The molecule has 0 aromatic heterocycles. The first-order valence-corrected chi connectivity index (χ1v) is 6.09. The van der Waals surface area contributed by atoms with Crippen molar-refractivity contribution in [1.82, 2.24) is 4.90 Å². The quantitative estimate of drug-likeness (QED) is 0.841. The third-order valence-electron chi connectivity index (χ3n) is 3.74. The van der Waals surface area contributed by atoms with Crippen molar-refractivity contribution in [3.8, 4) is 0 Å². The highest BCUT2D eigenvalue weighted by molar-refractivity contribution is 5.33. The van der Waals surface area contributed by atoms with Gasteiger partial charge in [0.15, 0.2) is 0 Å². The molecule has 0 spiro atoms. The summed E-state index contributed by atoms with van der Waals surface area (Å²) in [5, 5.41) is 9.12. The zero-order valence-electron chi connectivity index (χ0n) is 10.2. The Morgan fingerprint density at radius 1 is 1.38 bits per heavy atom. The molecule has 2 heteroatoms. The van der Waals surface area contributed by atoms with Crippen molar-refractivity contribution in [2.75, 3.05) is 19.7 Å². The average molecular weight is 219 g/mol. The van der Waals surface area contributed by atoms with Crippen LogP contribution >= 0.6 is 0 Å². The monoisotopic (exact) mass is 219 g/mol. The molecule has 0 amide bonds. The highest BCUT2D eigenvalue weighted by atomic mass is 16.3. The molecule has 1 heterocycles. The number of aryl methyl sites for hydroxylation is 1. The first-order valence-electron chi connectivity index (χ1n) is 6.09. The van der Waals surface area contributed by atoms with Gasteiger partial charge in [0.25, 0.3) is 0 Å². The molecule has 0 radical (unpaired) electrons. The molecule has 1 aromatic carbocycles. The summed E-state index contributed by atoms with van der Waals surface area (Å²) in [5.41, 5.74) is 4.21. The summed E-state index contributed by atoms with van der Waals surface area (Å²) in [6.45, 7) is 7.90. The minimum atomic E-state index is 0.337. The lowest BCUT2D eigenvalue weighted by Gasteiger charge is -2.18. The van der Waals surface area contributed by atoms with Crippen LogP contribution < -0.4 is 0 Å². The van der Waals surface area contributed by atoms with Gasteiger partial charge in [-0.3, -0.25) is 4.90 Å². The smallest absolute Gasteiger partial charge is 0.0471 e. The van der Waals surface area contributed by atoms with E-state index in [-0.39, 0.29) is 0 Å². The van der Waals surface area contributed by atoms with E-state index < -0.39 is 0 Å². The number of aliphatic hydroxyl groups excluding tert-OH is 1. The Hall–Kier alpha value is -0.860. The lowest BCUT2D eigenvalue weighted by atomic mass is 10.0. The predicted molar refractivity (Wildman–Crippen MR) is 66.4 cm³/mol. The lowest BCUT2D eigenvalue weighted by molar-refractivity contribution is 0.220. The number of benzene rings is 1. The van der Waals surface area contributed by atoms with Gasteiger partial charge in [0, 0.05) is 19.7 Å². The topological polar surface area (TPSA) is 23.5 Å². The first-order chi connectivity index (χ1) is 7.70. The van der Waals surface area contributed by atoms with Crippen molar-refractivity contribution in [3.05, 3.63) is 34.9 Å². The third-order valence-corrected chi connectivity index (χ3v) is 3.74. The van der Waals surface area contributed by atoms with Gasteiger partial charge >= 0.3 is 0 Å². The largest absolute Gasteiger partial charge is 0.396 e. The van der Waals surface area contributed by atoms with Crippen molar-refractivity contribution in [1.29, 1.82) is 0 Å². The first kappa shape index (κ1) is 11.6. The highest BCUT2D eigenvalue weighted by Crippen LogP contribution is 2.20. The van der Waals surface area contributed by atoms with E-state index in [9.17, 15) is 0 Å². The van der Waals surface area contributed by atoms with Gasteiger partial charge < -0.3 is 5.11 Å². The standard InChI is InChI=1S/C14H21NO/c1-11-4-3-5-14(12(11)2)9-15-7-6-13(8-15)10-16/h3-5,13,16H,6-10H2,1-2H3. The minimum Gasteiger partial charge on any atom is -0.396 e. The molecule has 1 aromatic rings. The van der Waals surface area contributed by atoms with Crippen LogP contribution in [0, 0.1) is 19.8 Å². The fraction of sp³-hybridized carbons (Fsp3) is 0.571. The van der Waals surface area contributed by atoms with Gasteiger partial charge in [0.1, 0.15) is 0 Å². The molecule has 1 saturated heterocycles. The van der Waals surface area contributed by atoms with Crippen LogP contribution in [0.25, 0.3) is 0 Å². The van der Waals surface area contributed by atoms with Crippen LogP contribution in [0.3, 0.4) is 0 Å². The molecule has 1 aliphatic rings. The Morgan fingerprint density at radius 2 is 2.19 bits per heavy atom. The second-order valence-electron chi connectivity index (χ2n) is 4.93. The molecular formula is C14H21NO. The Bertz CT molecular complexity index is 362. The van der Waals surface area contributed by atoms with Crippen molar-refractivity contribution < 1.29 is 5.11 Å². The summed E-state index contributed by atoms with van der Waals surface area (Å²) in [4.78, 5) is 2.45. The summed E-state index contributed by atoms with van der Waals surface area (Å²) < 4.78 is 0. The van der Waals surface area contributed by atoms with E-state index in [2.05, 4.69) is 36.9 Å². The summed E-state index contributed by atoms with van der Waals surface area (Å²) in [6, 6.07) is 6.52. The molecule has 0 aliphatic carbocycles. The summed E-state index contributed by atoms with van der Waals surface area (Å²) in [6.07, 6.45) is 1.14. The van der Waals surface area contributed by atoms with Crippen molar-refractivity contribution in [2.45, 2.75) is 26.8 Å². The van der Waals surface area contributed by atoms with Crippen LogP contribution in [0.4, 0.5) is 0 Å². The van der Waals surface area contributed by atoms with Crippen molar-refractivity contribution in [3.63, 3.8) is 0 Å². The lowest BCUT2D eigenvalue weighted by Crippen LogP contribution is -2.21. The molecule has 1 atom stereocenters. The number of likely N-dealkylation sites (tertiary alicyclic amines) is 1. The second-order valence-corrected chi connectivity index (χ2v) is 4.93. The Balaban J connectivity index is 2.02. The zero-order chi connectivity index (χ0) is 11.5. The Kier molecular flexibility index (Phi) is 3.62. The fourth-order valence-electron chi connectivity index (χ4n) is 2.43. The maximum atomic E-state index is 9.12. The Morgan fingerprint density at radius 3 is 2.88 bits per heavy atom. The minimum absolute atomic E-state index is 0.337. The second kappa shape index (κ2) is 4.98. The molecule has 2 nitrogen and oxygen atoms in total. The van der Waals surface area contributed by atoms with Gasteiger partial charge in [-0.1, -0.05) is 18.2 Å². The van der Waals surface area contributed by atoms with E-state index in [0.29, 0.717) is 12.5 Å². The van der Waals surface area contributed by atoms with E-state index in [1.54, 1.807) is 0 Å². The number of rotatable bonds is 3. The van der Waals surface area contributed by atoms with Crippen LogP contribution in [-0.4, -0.2) is 29.7 Å². The number of nitrogens with zero attached hydrogens (tertiary/aromatic N) is 1. The Labute approximate surface area is 97.9 Å². The third kappa shape index (κ3) is 2.45. The molecule has 16 heavy (non-hydrogen) atoms. The van der Waals surface area contributed by atoms with Gasteiger partial charge in [0.05, 0.1) is 0 Å². The number of hydrogen-bond acceptors (Lipinski definition) is 2. The van der Waals surface area contributed by atoms with Crippen LogP contribution in [0.15, 0.2) is 18.2 Å². The van der Waals surface area contributed by atoms with Gasteiger partial charge in [-0.15, -0.1) is 0 Å². The van der Waals surface area contributed by atoms with E-state index >= 15 is 0 Å². The molecule has 1 N–H and O–H groups in total. The van der Waals surface area contributed by atoms with E-state index in [1.165, 1.54) is 16.7 Å². The number of hydrogen-bond donors (Lipinski definition) is 1. The van der Waals surface area contributed by atoms with Gasteiger partial charge in [-0.25, -0.2) is 0 Å². The molecule has 1 unspecified atom stereocenters. The molecule has 2 rings (SSSR count). The van der Waals surface area contributed by atoms with E-state index in [4.69, 9.17) is 5.11 Å². The predicted octanol–water partition coefficient (Wildman–Crippen LogP) is 2.12. The van der Waals surface area contributed by atoms with Gasteiger partial charge in [0.2, 0.25) is 0 Å². The van der Waals surface area contributed by atoms with Crippen molar-refractivity contribution in [2.24, 2.45) is 5.92 Å². The van der Waals surface area contributed by atoms with E-state index in [1.807, 2.05) is 0 Å². The molecule has 0 saturated carbocycles. The molecule has 88 valence electrons. The maximum absolute atomic E-state index is 9.12. The highest BCUT2D eigenvalue weighted by Gasteiger charge is 2.21. The molecule has 0 bridgehead atoms. The number of aliphatic hydroxyl groups is 1. The van der Waals surface area contributed by atoms with Crippen LogP contribution in [-0.2, 0) is 6.54 Å². The summed E-state index contributed by atoms with van der Waals surface area (Å²) >= 11 is 0. The van der Waals surface area contributed by atoms with Gasteiger partial charge in [-0.05, 0) is 49.4 Å². The van der Waals surface area contributed by atoms with Gasteiger partial charge in [-0.2, -0.15) is 0 Å². The maximum Gasteiger partial charge on any atom is 0.0471 e. The van der Waals surface area contributed by atoms with Crippen molar-refractivity contribution >= 4 is 0 Å². The van der Waals surface area contributed by atoms with E-state index in [0.717, 1.165) is 26.1 Å². The van der Waals surface area contributed by atoms with Crippen LogP contribution in [0.1, 0.15) is 23.1 Å². The summed E-state index contributed by atoms with van der Waals surface area (Å²) in [7, 11) is 0. The van der Waals surface area contributed by atoms with Crippen LogP contribution in [0.2, 0.25) is 0 Å². The van der Waals surface area contributed by atoms with Crippen LogP contribution in [0.5, 0.6) is 0 Å². The SMILES string of the molecule is Cc1cccc(CN2CCC(CO)C2)c1C. The summed E-state index contributed by atoms with van der Waals surface area (Å²) in [5.74, 6) is 0.491. The molecular weight excluding hydrogens is 198 g/mol. The average Bonchev–Trinajstić information content (AvgIpc) is 2.73.